The molecule has 0 atom stereocenters. The predicted molar refractivity (Wildman–Crippen MR) is 112 cm³/mol. The number of hydrogen-bond acceptors (Lipinski definition) is 5. The van der Waals surface area contributed by atoms with Crippen LogP contribution in [0, 0.1) is 0 Å². The van der Waals surface area contributed by atoms with Crippen LogP contribution in [0.4, 0.5) is 10.5 Å². The number of unbranched alkanes of at least 4 members (excludes halogenated alkanes) is 1. The highest BCUT2D eigenvalue weighted by Gasteiger charge is 2.22. The van der Waals surface area contributed by atoms with Crippen molar-refractivity contribution in [1.82, 2.24) is 10.6 Å². The summed E-state index contributed by atoms with van der Waals surface area (Å²) >= 11 is 0. The number of anilines is 1. The lowest BCUT2D eigenvalue weighted by atomic mass is 10.1. The summed E-state index contributed by atoms with van der Waals surface area (Å²) in [5, 5.41) is 4.61. The van der Waals surface area contributed by atoms with Crippen molar-refractivity contribution >= 4 is 29.5 Å². The van der Waals surface area contributed by atoms with Crippen LogP contribution in [0.3, 0.4) is 0 Å². The highest BCUT2D eigenvalue weighted by atomic mass is 16.5. The minimum absolute atomic E-state index is 0.0329. The number of benzene rings is 2. The van der Waals surface area contributed by atoms with Crippen LogP contribution >= 0.6 is 0 Å². The van der Waals surface area contributed by atoms with Gasteiger partial charge in [-0.1, -0.05) is 43.7 Å². The summed E-state index contributed by atoms with van der Waals surface area (Å²) in [5.41, 5.74) is 0.844. The van der Waals surface area contributed by atoms with Crippen LogP contribution in [0.1, 0.15) is 40.5 Å². The van der Waals surface area contributed by atoms with Gasteiger partial charge < -0.3 is 15.0 Å². The molecule has 0 saturated carbocycles. The molecule has 8 heteroatoms. The SMILES string of the molecule is CCCCNC(=O)NC(=O)COC(=O)c1ccccc1C(=O)N(C)c1ccccc1. The highest BCUT2D eigenvalue weighted by Crippen LogP contribution is 2.18. The van der Waals surface area contributed by atoms with Crippen molar-refractivity contribution in [1.29, 1.82) is 0 Å². The van der Waals surface area contributed by atoms with E-state index in [1.54, 1.807) is 43.4 Å². The van der Waals surface area contributed by atoms with Crippen LogP contribution in [-0.2, 0) is 9.53 Å². The van der Waals surface area contributed by atoms with E-state index in [1.807, 2.05) is 13.0 Å². The standard InChI is InChI=1S/C22H25N3O5/c1-3-4-14-23-22(29)24-19(26)15-30-21(28)18-13-9-8-12-17(18)20(27)25(2)16-10-6-5-7-11-16/h5-13H,3-4,14-15H2,1-2H3,(H2,23,24,26,29). The van der Waals surface area contributed by atoms with Crippen molar-refractivity contribution in [3.63, 3.8) is 0 Å². The molecule has 0 bridgehead atoms. The fourth-order valence-corrected chi connectivity index (χ4v) is 2.59. The van der Waals surface area contributed by atoms with Crippen molar-refractivity contribution in [2.75, 3.05) is 25.1 Å². The zero-order valence-corrected chi connectivity index (χ0v) is 17.0. The molecule has 0 aromatic heterocycles. The number of imide groups is 1. The lowest BCUT2D eigenvalue weighted by Crippen LogP contribution is -2.41. The zero-order valence-electron chi connectivity index (χ0n) is 17.0. The number of ether oxygens (including phenoxy) is 1. The van der Waals surface area contributed by atoms with Crippen molar-refractivity contribution in [2.24, 2.45) is 0 Å². The third kappa shape index (κ3) is 6.44. The highest BCUT2D eigenvalue weighted by molar-refractivity contribution is 6.12. The number of nitrogens with one attached hydrogen (secondary N) is 2. The first-order chi connectivity index (χ1) is 14.4. The first-order valence-corrected chi connectivity index (χ1v) is 9.61. The molecule has 4 amide bonds. The Morgan fingerprint density at radius 1 is 0.933 bits per heavy atom. The number of carbonyl (C=O) groups excluding carboxylic acids is 4. The van der Waals surface area contributed by atoms with Gasteiger partial charge in [0.2, 0.25) is 0 Å². The second-order valence-electron chi connectivity index (χ2n) is 6.48. The third-order valence-electron chi connectivity index (χ3n) is 4.23. The maximum atomic E-state index is 12.9. The molecule has 0 saturated heterocycles. The summed E-state index contributed by atoms with van der Waals surface area (Å²) in [4.78, 5) is 50.1. The lowest BCUT2D eigenvalue weighted by molar-refractivity contribution is -0.123. The maximum absolute atomic E-state index is 12.9. The number of urea groups is 1. The Morgan fingerprint density at radius 3 is 2.23 bits per heavy atom. The van der Waals surface area contributed by atoms with Crippen LogP contribution in [-0.4, -0.2) is 44.0 Å². The van der Waals surface area contributed by atoms with E-state index in [9.17, 15) is 19.2 Å². The normalized spacial score (nSPS) is 10.1. The molecule has 0 radical (unpaired) electrons. The minimum Gasteiger partial charge on any atom is -0.452 e. The lowest BCUT2D eigenvalue weighted by Gasteiger charge is -2.18. The second-order valence-corrected chi connectivity index (χ2v) is 6.48. The van der Waals surface area contributed by atoms with E-state index >= 15 is 0 Å². The fraction of sp³-hybridized carbons (Fsp3) is 0.273. The van der Waals surface area contributed by atoms with Gasteiger partial charge in [0, 0.05) is 19.3 Å². The van der Waals surface area contributed by atoms with Gasteiger partial charge in [0.1, 0.15) is 0 Å². The first-order valence-electron chi connectivity index (χ1n) is 9.61. The summed E-state index contributed by atoms with van der Waals surface area (Å²) in [6, 6.07) is 14.5. The Morgan fingerprint density at radius 2 is 1.57 bits per heavy atom. The molecule has 158 valence electrons. The largest absolute Gasteiger partial charge is 0.452 e. The minimum atomic E-state index is -0.832. The Hall–Kier alpha value is -3.68. The molecule has 2 aromatic carbocycles. The van der Waals surface area contributed by atoms with E-state index in [4.69, 9.17) is 4.74 Å². The number of esters is 1. The van der Waals surface area contributed by atoms with Gasteiger partial charge >= 0.3 is 12.0 Å². The Bertz CT molecular complexity index is 899. The van der Waals surface area contributed by atoms with Crippen LogP contribution in [0.2, 0.25) is 0 Å². The van der Waals surface area contributed by atoms with E-state index in [0.29, 0.717) is 12.2 Å². The van der Waals surface area contributed by atoms with E-state index in [2.05, 4.69) is 10.6 Å². The fourth-order valence-electron chi connectivity index (χ4n) is 2.59. The maximum Gasteiger partial charge on any atom is 0.339 e. The van der Waals surface area contributed by atoms with Crippen LogP contribution in [0.5, 0.6) is 0 Å². The second kappa shape index (κ2) is 11.4. The van der Waals surface area contributed by atoms with Crippen molar-refractivity contribution < 1.29 is 23.9 Å². The molecule has 2 rings (SSSR count). The van der Waals surface area contributed by atoms with Crippen molar-refractivity contribution in [3.8, 4) is 0 Å². The number of hydrogen-bond donors (Lipinski definition) is 2. The molecule has 30 heavy (non-hydrogen) atoms. The van der Waals surface area contributed by atoms with Gasteiger partial charge in [-0.2, -0.15) is 0 Å². The van der Waals surface area contributed by atoms with Gasteiger partial charge in [0.05, 0.1) is 11.1 Å². The average molecular weight is 411 g/mol. The quantitative estimate of drug-likeness (QED) is 0.513. The molecular weight excluding hydrogens is 386 g/mol. The Balaban J connectivity index is 1.99. The van der Waals surface area contributed by atoms with E-state index < -0.39 is 30.4 Å². The van der Waals surface area contributed by atoms with Crippen LogP contribution < -0.4 is 15.5 Å². The molecule has 2 aromatic rings. The molecule has 0 heterocycles. The number of carbonyl (C=O) groups is 4. The van der Waals surface area contributed by atoms with Gasteiger partial charge in [-0.15, -0.1) is 0 Å². The molecule has 0 fully saturated rings. The monoisotopic (exact) mass is 411 g/mol. The molecule has 8 nitrogen and oxygen atoms in total. The van der Waals surface area contributed by atoms with Crippen molar-refractivity contribution in [2.45, 2.75) is 19.8 Å². The molecule has 0 spiro atoms. The van der Waals surface area contributed by atoms with Gasteiger partial charge in [-0.25, -0.2) is 9.59 Å². The van der Waals surface area contributed by atoms with Gasteiger partial charge in [0.15, 0.2) is 6.61 Å². The van der Waals surface area contributed by atoms with Crippen LogP contribution in [0.15, 0.2) is 54.6 Å². The molecule has 0 aliphatic rings. The summed E-state index contributed by atoms with van der Waals surface area (Å²) in [6.07, 6.45) is 1.70. The summed E-state index contributed by atoms with van der Waals surface area (Å²) in [7, 11) is 1.60. The van der Waals surface area contributed by atoms with Crippen molar-refractivity contribution in [3.05, 3.63) is 65.7 Å². The topological polar surface area (TPSA) is 105 Å². The average Bonchev–Trinajstić information content (AvgIpc) is 2.77. The number of para-hydroxylation sites is 1. The smallest absolute Gasteiger partial charge is 0.339 e. The van der Waals surface area contributed by atoms with E-state index in [0.717, 1.165) is 12.8 Å². The first kappa shape index (κ1) is 22.6. The van der Waals surface area contributed by atoms with Gasteiger partial charge in [-0.3, -0.25) is 14.9 Å². The predicted octanol–water partition coefficient (Wildman–Crippen LogP) is 2.75. The number of nitrogens with zero attached hydrogens (tertiary/aromatic N) is 1. The Kier molecular flexibility index (Phi) is 8.56. The summed E-state index contributed by atoms with van der Waals surface area (Å²) < 4.78 is 4.99. The van der Waals surface area contributed by atoms with Gasteiger partial charge in [0.25, 0.3) is 11.8 Å². The van der Waals surface area contributed by atoms with Gasteiger partial charge in [-0.05, 0) is 30.7 Å². The van der Waals surface area contributed by atoms with E-state index in [1.165, 1.54) is 17.0 Å². The third-order valence-corrected chi connectivity index (χ3v) is 4.23. The summed E-state index contributed by atoms with van der Waals surface area (Å²) in [6.45, 7) is 1.78. The zero-order chi connectivity index (χ0) is 21.9. The Labute approximate surface area is 175 Å². The number of amides is 4. The number of rotatable bonds is 8. The molecule has 0 aliphatic carbocycles. The van der Waals surface area contributed by atoms with E-state index in [-0.39, 0.29) is 11.1 Å². The van der Waals surface area contributed by atoms with Crippen LogP contribution in [0.25, 0.3) is 0 Å². The molecule has 2 N–H and O–H groups in total. The summed E-state index contributed by atoms with van der Waals surface area (Å²) in [5.74, 6) is -1.99. The molecule has 0 unspecified atom stereocenters. The molecule has 0 aliphatic heterocycles. The molecular formula is C22H25N3O5.